The molecule has 3 heteroatoms. The molecule has 0 radical (unpaired) electrons. The zero-order chi connectivity index (χ0) is 14.9. The maximum atomic E-state index is 4.46. The molecule has 1 aromatic carbocycles. The number of para-hydroxylation sites is 1. The summed E-state index contributed by atoms with van der Waals surface area (Å²) in [4.78, 5) is 4.46. The third-order valence-corrected chi connectivity index (χ3v) is 4.68. The van der Waals surface area contributed by atoms with Gasteiger partial charge in [0.25, 0.3) is 0 Å². The molecule has 1 unspecified atom stereocenters. The molecule has 1 aliphatic rings. The smallest absolute Gasteiger partial charge is 0.0486 e. The Balaban J connectivity index is 1.77. The van der Waals surface area contributed by atoms with Gasteiger partial charge in [-0.15, -0.1) is 0 Å². The molecular formula is C19H21N3. The summed E-state index contributed by atoms with van der Waals surface area (Å²) in [6.07, 6.45) is 3.97. The first-order chi connectivity index (χ1) is 10.8. The van der Waals surface area contributed by atoms with Crippen molar-refractivity contribution in [2.24, 2.45) is 0 Å². The Kier molecular flexibility index (Phi) is 3.43. The van der Waals surface area contributed by atoms with Crippen LogP contribution >= 0.6 is 0 Å². The van der Waals surface area contributed by atoms with Crippen molar-refractivity contribution in [3.05, 3.63) is 65.6 Å². The summed E-state index contributed by atoms with van der Waals surface area (Å²) in [5.74, 6) is 0. The topological polar surface area (TPSA) is 29.9 Å². The summed E-state index contributed by atoms with van der Waals surface area (Å²) in [7, 11) is 0. The van der Waals surface area contributed by atoms with Gasteiger partial charge in [0.1, 0.15) is 0 Å². The summed E-state index contributed by atoms with van der Waals surface area (Å²) < 4.78 is 2.51. The number of benzene rings is 1. The molecule has 1 aliphatic heterocycles. The third kappa shape index (κ3) is 2.22. The van der Waals surface area contributed by atoms with E-state index in [0.29, 0.717) is 6.04 Å². The van der Waals surface area contributed by atoms with Crippen LogP contribution in [0.2, 0.25) is 0 Å². The van der Waals surface area contributed by atoms with Crippen LogP contribution in [0, 0.1) is 0 Å². The molecule has 3 heterocycles. The van der Waals surface area contributed by atoms with E-state index in [2.05, 4.69) is 58.2 Å². The van der Waals surface area contributed by atoms with E-state index in [1.807, 2.05) is 12.3 Å². The number of rotatable bonds is 3. The van der Waals surface area contributed by atoms with Gasteiger partial charge in [0.2, 0.25) is 0 Å². The third-order valence-electron chi connectivity index (χ3n) is 4.68. The number of nitrogens with zero attached hydrogens (tertiary/aromatic N) is 2. The summed E-state index contributed by atoms with van der Waals surface area (Å²) in [5, 5.41) is 4.99. The first kappa shape index (κ1) is 13.5. The second-order valence-electron chi connectivity index (χ2n) is 6.03. The van der Waals surface area contributed by atoms with Crippen LogP contribution in [0.1, 0.15) is 29.9 Å². The molecule has 0 saturated heterocycles. The van der Waals surface area contributed by atoms with Gasteiger partial charge >= 0.3 is 0 Å². The van der Waals surface area contributed by atoms with E-state index in [-0.39, 0.29) is 0 Å². The standard InChI is InChI=1S/C19H21N3/c1-14-19-16-7-2-3-8-17(16)22(18(19)9-12-20-14)13-10-15-6-4-5-11-21-15/h2-8,11,14,20H,9-10,12-13H2,1H3. The minimum Gasteiger partial charge on any atom is -0.344 e. The number of aryl methyl sites for hydroxylation is 2. The predicted molar refractivity (Wildman–Crippen MR) is 90.0 cm³/mol. The van der Waals surface area contributed by atoms with Crippen molar-refractivity contribution in [1.29, 1.82) is 0 Å². The van der Waals surface area contributed by atoms with Gasteiger partial charge in [-0.25, -0.2) is 0 Å². The fourth-order valence-electron chi connectivity index (χ4n) is 3.67. The van der Waals surface area contributed by atoms with E-state index in [1.165, 1.54) is 22.2 Å². The van der Waals surface area contributed by atoms with E-state index in [9.17, 15) is 0 Å². The molecule has 0 aliphatic carbocycles. The lowest BCUT2D eigenvalue weighted by atomic mass is 9.99. The van der Waals surface area contributed by atoms with Gasteiger partial charge in [-0.2, -0.15) is 0 Å². The zero-order valence-corrected chi connectivity index (χ0v) is 12.9. The Morgan fingerprint density at radius 3 is 2.91 bits per heavy atom. The highest BCUT2D eigenvalue weighted by Crippen LogP contribution is 2.33. The summed E-state index contributed by atoms with van der Waals surface area (Å²) in [5.41, 5.74) is 5.52. The zero-order valence-electron chi connectivity index (χ0n) is 12.9. The molecule has 0 saturated carbocycles. The second kappa shape index (κ2) is 5.58. The highest BCUT2D eigenvalue weighted by atomic mass is 15.0. The Morgan fingerprint density at radius 1 is 1.18 bits per heavy atom. The van der Waals surface area contributed by atoms with Crippen LogP contribution in [-0.4, -0.2) is 16.1 Å². The van der Waals surface area contributed by atoms with Crippen molar-refractivity contribution in [3.8, 4) is 0 Å². The maximum absolute atomic E-state index is 4.46. The Bertz CT molecular complexity index is 789. The van der Waals surface area contributed by atoms with Crippen molar-refractivity contribution < 1.29 is 0 Å². The summed E-state index contributed by atoms with van der Waals surface area (Å²) >= 11 is 0. The van der Waals surface area contributed by atoms with Crippen molar-refractivity contribution in [2.75, 3.05) is 6.54 Å². The van der Waals surface area contributed by atoms with Crippen LogP contribution in [-0.2, 0) is 19.4 Å². The van der Waals surface area contributed by atoms with Gasteiger partial charge in [0.05, 0.1) is 0 Å². The van der Waals surface area contributed by atoms with Crippen LogP contribution in [0.5, 0.6) is 0 Å². The fourth-order valence-corrected chi connectivity index (χ4v) is 3.67. The van der Waals surface area contributed by atoms with Gasteiger partial charge in [0, 0.05) is 60.5 Å². The van der Waals surface area contributed by atoms with Gasteiger partial charge in [-0.3, -0.25) is 4.98 Å². The van der Waals surface area contributed by atoms with Gasteiger partial charge in [-0.05, 0) is 30.7 Å². The molecule has 1 N–H and O–H groups in total. The Morgan fingerprint density at radius 2 is 2.05 bits per heavy atom. The number of aromatic nitrogens is 2. The average molecular weight is 291 g/mol. The van der Waals surface area contributed by atoms with Gasteiger partial charge < -0.3 is 9.88 Å². The molecule has 2 aromatic heterocycles. The minimum absolute atomic E-state index is 0.435. The molecule has 112 valence electrons. The van der Waals surface area contributed by atoms with E-state index in [0.717, 1.165) is 31.6 Å². The molecule has 0 fully saturated rings. The van der Waals surface area contributed by atoms with Gasteiger partial charge in [-0.1, -0.05) is 24.3 Å². The Labute approximate surface area is 131 Å². The quantitative estimate of drug-likeness (QED) is 0.800. The first-order valence-electron chi connectivity index (χ1n) is 8.08. The molecule has 0 spiro atoms. The SMILES string of the molecule is CC1NCCc2c1c1ccccc1n2CCc1ccccn1. The minimum atomic E-state index is 0.435. The van der Waals surface area contributed by atoms with E-state index >= 15 is 0 Å². The monoisotopic (exact) mass is 291 g/mol. The molecule has 3 aromatic rings. The number of nitrogens with one attached hydrogen (secondary N) is 1. The van der Waals surface area contributed by atoms with Crippen LogP contribution in [0.3, 0.4) is 0 Å². The lowest BCUT2D eigenvalue weighted by Gasteiger charge is -2.23. The molecule has 4 rings (SSSR count). The molecule has 22 heavy (non-hydrogen) atoms. The van der Waals surface area contributed by atoms with Gasteiger partial charge in [0.15, 0.2) is 0 Å². The highest BCUT2D eigenvalue weighted by molar-refractivity contribution is 5.86. The predicted octanol–water partition coefficient (Wildman–Crippen LogP) is 3.49. The van der Waals surface area contributed by atoms with E-state index in [1.54, 1.807) is 0 Å². The van der Waals surface area contributed by atoms with Crippen molar-refractivity contribution >= 4 is 10.9 Å². The van der Waals surface area contributed by atoms with Crippen molar-refractivity contribution in [3.63, 3.8) is 0 Å². The molecular weight excluding hydrogens is 270 g/mol. The largest absolute Gasteiger partial charge is 0.344 e. The van der Waals surface area contributed by atoms with Crippen LogP contribution in [0.4, 0.5) is 0 Å². The Hall–Kier alpha value is -2.13. The van der Waals surface area contributed by atoms with Crippen LogP contribution < -0.4 is 5.32 Å². The molecule has 0 bridgehead atoms. The van der Waals surface area contributed by atoms with Crippen molar-refractivity contribution in [1.82, 2.24) is 14.9 Å². The number of pyridine rings is 1. The molecule has 1 atom stereocenters. The fraction of sp³-hybridized carbons (Fsp3) is 0.316. The number of fused-ring (bicyclic) bond motifs is 3. The average Bonchev–Trinajstić information content (AvgIpc) is 2.89. The van der Waals surface area contributed by atoms with Crippen LogP contribution in [0.25, 0.3) is 10.9 Å². The normalized spacial score (nSPS) is 17.6. The lowest BCUT2D eigenvalue weighted by Crippen LogP contribution is -2.28. The maximum Gasteiger partial charge on any atom is 0.0486 e. The summed E-state index contributed by atoms with van der Waals surface area (Å²) in [6, 6.07) is 15.4. The van der Waals surface area contributed by atoms with E-state index < -0.39 is 0 Å². The van der Waals surface area contributed by atoms with Crippen LogP contribution in [0.15, 0.2) is 48.7 Å². The van der Waals surface area contributed by atoms with E-state index in [4.69, 9.17) is 0 Å². The summed E-state index contributed by atoms with van der Waals surface area (Å²) in [6.45, 7) is 4.33. The highest BCUT2D eigenvalue weighted by Gasteiger charge is 2.23. The van der Waals surface area contributed by atoms with Crippen molar-refractivity contribution in [2.45, 2.75) is 32.4 Å². The first-order valence-corrected chi connectivity index (χ1v) is 8.08. The second-order valence-corrected chi connectivity index (χ2v) is 6.03. The number of hydrogen-bond donors (Lipinski definition) is 1. The molecule has 3 nitrogen and oxygen atoms in total. The lowest BCUT2D eigenvalue weighted by molar-refractivity contribution is 0.521. The number of hydrogen-bond acceptors (Lipinski definition) is 2. The molecule has 0 amide bonds.